The van der Waals surface area contributed by atoms with Crippen molar-refractivity contribution >= 4 is 10.0 Å². The topological polar surface area (TPSA) is 68.3 Å². The first-order valence-electron chi connectivity index (χ1n) is 6.20. The van der Waals surface area contributed by atoms with Gasteiger partial charge >= 0.3 is 0 Å². The highest BCUT2D eigenvalue weighted by Gasteiger charge is 2.19. The van der Waals surface area contributed by atoms with Gasteiger partial charge in [0, 0.05) is 18.4 Å². The van der Waals surface area contributed by atoms with Crippen LogP contribution in [-0.2, 0) is 10.0 Å². The molecular formula is C14H15FN2O3S. The second kappa shape index (κ2) is 6.19. The summed E-state index contributed by atoms with van der Waals surface area (Å²) in [6.45, 7) is 1.63. The van der Waals surface area contributed by atoms with Crippen molar-refractivity contribution in [2.24, 2.45) is 0 Å². The van der Waals surface area contributed by atoms with E-state index < -0.39 is 21.9 Å². The number of nitrogens with zero attached hydrogens (tertiary/aromatic N) is 1. The van der Waals surface area contributed by atoms with Gasteiger partial charge in [-0.15, -0.1) is 0 Å². The number of hydrogen-bond acceptors (Lipinski definition) is 4. The molecule has 0 bridgehead atoms. The Morgan fingerprint density at radius 1 is 1.33 bits per heavy atom. The number of ether oxygens (including phenoxy) is 1. The molecule has 2 aromatic rings. The normalized spacial score (nSPS) is 12.9. The lowest BCUT2D eigenvalue weighted by Crippen LogP contribution is -2.27. The minimum atomic E-state index is -3.70. The summed E-state index contributed by atoms with van der Waals surface area (Å²) in [6, 6.07) is 6.70. The van der Waals surface area contributed by atoms with Crippen LogP contribution in [0.5, 0.6) is 5.75 Å². The Morgan fingerprint density at radius 2 is 2.10 bits per heavy atom. The van der Waals surface area contributed by atoms with E-state index in [-0.39, 0.29) is 10.6 Å². The molecule has 1 aromatic carbocycles. The third kappa shape index (κ3) is 3.56. The van der Waals surface area contributed by atoms with Crippen LogP contribution in [0.3, 0.4) is 0 Å². The van der Waals surface area contributed by atoms with Crippen LogP contribution >= 0.6 is 0 Å². The molecule has 0 amide bonds. The lowest BCUT2D eigenvalue weighted by Gasteiger charge is -2.15. The molecule has 2 rings (SSSR count). The zero-order chi connectivity index (χ0) is 15.5. The maximum atomic E-state index is 13.7. The van der Waals surface area contributed by atoms with E-state index in [9.17, 15) is 12.8 Å². The molecule has 5 nitrogen and oxygen atoms in total. The summed E-state index contributed by atoms with van der Waals surface area (Å²) in [5.41, 5.74) is 0.501. The highest BCUT2D eigenvalue weighted by atomic mass is 32.2. The summed E-state index contributed by atoms with van der Waals surface area (Å²) in [5, 5.41) is 0. The third-order valence-corrected chi connectivity index (χ3v) is 4.48. The molecule has 0 aliphatic carbocycles. The molecular weight excluding hydrogens is 295 g/mol. The Kier molecular flexibility index (Phi) is 4.54. The maximum Gasteiger partial charge on any atom is 0.242 e. The van der Waals surface area contributed by atoms with Gasteiger partial charge in [-0.2, -0.15) is 0 Å². The molecule has 0 aliphatic rings. The highest BCUT2D eigenvalue weighted by molar-refractivity contribution is 7.89. The van der Waals surface area contributed by atoms with E-state index in [1.807, 2.05) is 0 Å². The maximum absolute atomic E-state index is 13.7. The fraction of sp³-hybridized carbons (Fsp3) is 0.214. The van der Waals surface area contributed by atoms with Gasteiger partial charge in [-0.25, -0.2) is 17.5 Å². The number of nitrogens with one attached hydrogen (secondary N) is 1. The van der Waals surface area contributed by atoms with Gasteiger partial charge in [-0.05, 0) is 36.8 Å². The molecule has 0 fully saturated rings. The van der Waals surface area contributed by atoms with E-state index in [0.717, 1.165) is 0 Å². The minimum absolute atomic E-state index is 0.0610. The number of methoxy groups -OCH3 is 1. The summed E-state index contributed by atoms with van der Waals surface area (Å²) in [5.74, 6) is -0.427. The van der Waals surface area contributed by atoms with Crippen LogP contribution in [0.4, 0.5) is 4.39 Å². The first kappa shape index (κ1) is 15.4. The van der Waals surface area contributed by atoms with Crippen molar-refractivity contribution in [3.05, 3.63) is 54.1 Å². The lowest BCUT2D eigenvalue weighted by molar-refractivity contribution is 0.386. The largest absolute Gasteiger partial charge is 0.494 e. The molecule has 0 saturated heterocycles. The molecule has 1 atom stereocenters. The first-order valence-corrected chi connectivity index (χ1v) is 7.68. The SMILES string of the molecule is COc1ccc([C@@H](C)NS(=O)(=O)c2cccnc2)cc1F. The van der Waals surface area contributed by atoms with Crippen molar-refractivity contribution in [3.63, 3.8) is 0 Å². The fourth-order valence-electron chi connectivity index (χ4n) is 1.83. The zero-order valence-corrected chi connectivity index (χ0v) is 12.4. The average Bonchev–Trinajstić information content (AvgIpc) is 2.47. The predicted octanol–water partition coefficient (Wildman–Crippen LogP) is 2.27. The van der Waals surface area contributed by atoms with Crippen LogP contribution in [0.1, 0.15) is 18.5 Å². The van der Waals surface area contributed by atoms with Gasteiger partial charge in [-0.1, -0.05) is 6.07 Å². The second-order valence-corrected chi connectivity index (χ2v) is 6.14. The molecule has 112 valence electrons. The predicted molar refractivity (Wildman–Crippen MR) is 75.9 cm³/mol. The Morgan fingerprint density at radius 3 is 2.67 bits per heavy atom. The number of pyridine rings is 1. The molecule has 1 aromatic heterocycles. The molecule has 0 unspecified atom stereocenters. The van der Waals surface area contributed by atoms with Gasteiger partial charge in [-0.3, -0.25) is 4.98 Å². The molecule has 21 heavy (non-hydrogen) atoms. The van der Waals surface area contributed by atoms with Crippen LogP contribution in [0.15, 0.2) is 47.6 Å². The third-order valence-electron chi connectivity index (χ3n) is 2.95. The van der Waals surface area contributed by atoms with Gasteiger partial charge < -0.3 is 4.74 Å². The van der Waals surface area contributed by atoms with Gasteiger partial charge in [0.2, 0.25) is 10.0 Å². The summed E-state index contributed by atoms with van der Waals surface area (Å²) in [6.07, 6.45) is 2.74. The number of rotatable bonds is 5. The average molecular weight is 310 g/mol. The number of hydrogen-bond donors (Lipinski definition) is 1. The Balaban J connectivity index is 2.22. The molecule has 7 heteroatoms. The van der Waals surface area contributed by atoms with E-state index >= 15 is 0 Å². The quantitative estimate of drug-likeness (QED) is 0.920. The molecule has 0 radical (unpaired) electrons. The van der Waals surface area contributed by atoms with Gasteiger partial charge in [0.05, 0.1) is 7.11 Å². The Labute approximate surface area is 122 Å². The van der Waals surface area contributed by atoms with Gasteiger partial charge in [0.15, 0.2) is 11.6 Å². The summed E-state index contributed by atoms with van der Waals surface area (Å²) in [7, 11) is -2.33. The Bertz CT molecular complexity index is 720. The van der Waals surface area contributed by atoms with Crippen molar-refractivity contribution < 1.29 is 17.5 Å². The van der Waals surface area contributed by atoms with E-state index in [0.29, 0.717) is 5.56 Å². The molecule has 1 N–H and O–H groups in total. The van der Waals surface area contributed by atoms with Crippen LogP contribution in [0.25, 0.3) is 0 Å². The summed E-state index contributed by atoms with van der Waals surface area (Å²) >= 11 is 0. The minimum Gasteiger partial charge on any atom is -0.494 e. The van der Waals surface area contributed by atoms with Crippen LogP contribution in [0, 0.1) is 5.82 Å². The summed E-state index contributed by atoms with van der Waals surface area (Å²) < 4.78 is 45.3. The van der Waals surface area contributed by atoms with E-state index in [1.165, 1.54) is 43.8 Å². The highest BCUT2D eigenvalue weighted by Crippen LogP contribution is 2.22. The van der Waals surface area contributed by atoms with Gasteiger partial charge in [0.1, 0.15) is 4.90 Å². The zero-order valence-electron chi connectivity index (χ0n) is 11.6. The van der Waals surface area contributed by atoms with Crippen molar-refractivity contribution in [1.29, 1.82) is 0 Å². The Hall–Kier alpha value is -1.99. The van der Waals surface area contributed by atoms with E-state index in [1.54, 1.807) is 13.0 Å². The lowest BCUT2D eigenvalue weighted by atomic mass is 10.1. The monoisotopic (exact) mass is 310 g/mol. The van der Waals surface area contributed by atoms with Crippen LogP contribution in [0.2, 0.25) is 0 Å². The van der Waals surface area contributed by atoms with Crippen LogP contribution < -0.4 is 9.46 Å². The van der Waals surface area contributed by atoms with Gasteiger partial charge in [0.25, 0.3) is 0 Å². The summed E-state index contributed by atoms with van der Waals surface area (Å²) in [4.78, 5) is 3.83. The number of sulfonamides is 1. The standard InChI is InChI=1S/C14H15FN2O3S/c1-10(11-5-6-14(20-2)13(15)8-11)17-21(18,19)12-4-3-7-16-9-12/h3-10,17H,1-2H3/t10-/m1/s1. The first-order chi connectivity index (χ1) is 9.94. The van der Waals surface area contributed by atoms with E-state index in [2.05, 4.69) is 9.71 Å². The van der Waals surface area contributed by atoms with Crippen molar-refractivity contribution in [1.82, 2.24) is 9.71 Å². The molecule has 0 spiro atoms. The van der Waals surface area contributed by atoms with Crippen molar-refractivity contribution in [3.8, 4) is 5.75 Å². The number of halogens is 1. The molecule has 1 heterocycles. The van der Waals surface area contributed by atoms with Crippen molar-refractivity contribution in [2.75, 3.05) is 7.11 Å². The van der Waals surface area contributed by atoms with Crippen LogP contribution in [-0.4, -0.2) is 20.5 Å². The van der Waals surface area contributed by atoms with Crippen molar-refractivity contribution in [2.45, 2.75) is 17.9 Å². The fourth-order valence-corrected chi connectivity index (χ4v) is 3.02. The molecule has 0 aliphatic heterocycles. The van der Waals surface area contributed by atoms with E-state index in [4.69, 9.17) is 4.74 Å². The number of aromatic nitrogens is 1. The number of benzene rings is 1. The molecule has 0 saturated carbocycles. The second-order valence-electron chi connectivity index (χ2n) is 4.43. The smallest absolute Gasteiger partial charge is 0.242 e.